The van der Waals surface area contributed by atoms with E-state index < -0.39 is 28.1 Å². The highest BCUT2D eigenvalue weighted by atomic mass is 32.2. The van der Waals surface area contributed by atoms with Crippen molar-refractivity contribution in [3.05, 3.63) is 78.4 Å². The zero-order valence-corrected chi connectivity index (χ0v) is 23.0. The van der Waals surface area contributed by atoms with Crippen LogP contribution in [0.2, 0.25) is 0 Å². The Hall–Kier alpha value is -3.72. The van der Waals surface area contributed by atoms with Crippen molar-refractivity contribution < 1.29 is 27.4 Å². The molecule has 0 aliphatic carbocycles. The standard InChI is InChI=1S/C29H34N2O6S/c1-5-29(6-2)19-24(23-14-10-11-15-25(23)37-29)30-28(32)20-31(38(33,34)22-12-8-7-9-13-22)21-16-17-26(35-3)27(18-21)36-4/h7-18,24H,5-6,19-20H2,1-4H3,(H,30,32)/t24-/m1/s1. The Morgan fingerprint density at radius 3 is 2.29 bits per heavy atom. The van der Waals surface area contributed by atoms with Gasteiger partial charge < -0.3 is 19.5 Å². The van der Waals surface area contributed by atoms with Gasteiger partial charge in [0.05, 0.1) is 30.8 Å². The topological polar surface area (TPSA) is 94.2 Å². The lowest BCUT2D eigenvalue weighted by Gasteiger charge is -2.41. The Bertz CT molecular complexity index is 1370. The highest BCUT2D eigenvalue weighted by Crippen LogP contribution is 2.42. The number of benzene rings is 3. The summed E-state index contributed by atoms with van der Waals surface area (Å²) in [6.07, 6.45) is 2.15. The maximum absolute atomic E-state index is 13.8. The van der Waals surface area contributed by atoms with E-state index in [0.29, 0.717) is 17.9 Å². The zero-order chi connectivity index (χ0) is 27.3. The molecule has 1 amide bonds. The summed E-state index contributed by atoms with van der Waals surface area (Å²) >= 11 is 0. The molecule has 1 N–H and O–H groups in total. The molecule has 0 saturated heterocycles. The SMILES string of the molecule is CCC1(CC)C[C@@H](NC(=O)CN(c2ccc(OC)c(OC)c2)S(=O)(=O)c2ccccc2)c2ccccc2O1. The summed E-state index contributed by atoms with van der Waals surface area (Å²) in [5, 5.41) is 3.09. The number of fused-ring (bicyclic) bond motifs is 1. The van der Waals surface area contributed by atoms with Crippen LogP contribution in [0.4, 0.5) is 5.69 Å². The van der Waals surface area contributed by atoms with E-state index in [4.69, 9.17) is 14.2 Å². The second kappa shape index (κ2) is 11.3. The molecule has 9 heteroatoms. The van der Waals surface area contributed by atoms with Gasteiger partial charge in [0.15, 0.2) is 11.5 Å². The first-order valence-electron chi connectivity index (χ1n) is 12.6. The summed E-state index contributed by atoms with van der Waals surface area (Å²) in [5.74, 6) is 1.11. The first-order chi connectivity index (χ1) is 18.3. The molecule has 3 aromatic rings. The van der Waals surface area contributed by atoms with Crippen molar-refractivity contribution in [2.24, 2.45) is 0 Å². The molecule has 3 aromatic carbocycles. The number of nitrogens with zero attached hydrogens (tertiary/aromatic N) is 1. The van der Waals surface area contributed by atoms with Crippen LogP contribution >= 0.6 is 0 Å². The van der Waals surface area contributed by atoms with Gasteiger partial charge in [-0.05, 0) is 43.2 Å². The highest BCUT2D eigenvalue weighted by Gasteiger charge is 2.39. The lowest BCUT2D eigenvalue weighted by atomic mass is 9.83. The minimum absolute atomic E-state index is 0.0787. The van der Waals surface area contributed by atoms with Crippen molar-refractivity contribution in [3.8, 4) is 17.2 Å². The first-order valence-corrected chi connectivity index (χ1v) is 14.1. The number of nitrogens with one attached hydrogen (secondary N) is 1. The molecule has 0 bridgehead atoms. The summed E-state index contributed by atoms with van der Waals surface area (Å²) in [6.45, 7) is 3.72. The molecule has 1 aliphatic heterocycles. The number of carbonyl (C=O) groups excluding carboxylic acids is 1. The van der Waals surface area contributed by atoms with E-state index in [1.807, 2.05) is 24.3 Å². The Morgan fingerprint density at radius 2 is 1.63 bits per heavy atom. The first kappa shape index (κ1) is 27.3. The van der Waals surface area contributed by atoms with Crippen LogP contribution < -0.4 is 23.8 Å². The molecule has 0 aromatic heterocycles. The largest absolute Gasteiger partial charge is 0.493 e. The molecule has 0 fully saturated rings. The molecule has 1 atom stereocenters. The Labute approximate surface area is 224 Å². The van der Waals surface area contributed by atoms with E-state index in [-0.39, 0.29) is 16.6 Å². The number of amides is 1. The lowest BCUT2D eigenvalue weighted by molar-refractivity contribution is -0.121. The van der Waals surface area contributed by atoms with E-state index in [9.17, 15) is 13.2 Å². The third kappa shape index (κ3) is 5.43. The van der Waals surface area contributed by atoms with Gasteiger partial charge in [-0.3, -0.25) is 9.10 Å². The minimum atomic E-state index is -4.08. The van der Waals surface area contributed by atoms with Gasteiger partial charge in [0.25, 0.3) is 10.0 Å². The predicted octanol–water partition coefficient (Wildman–Crippen LogP) is 5.10. The van der Waals surface area contributed by atoms with Crippen LogP contribution in [-0.2, 0) is 14.8 Å². The van der Waals surface area contributed by atoms with Gasteiger partial charge >= 0.3 is 0 Å². The quantitative estimate of drug-likeness (QED) is 0.386. The average molecular weight is 539 g/mol. The van der Waals surface area contributed by atoms with Gasteiger partial charge in [0.2, 0.25) is 5.91 Å². The number of hydrogen-bond donors (Lipinski definition) is 1. The Kier molecular flexibility index (Phi) is 8.16. The molecule has 0 radical (unpaired) electrons. The molecule has 0 saturated carbocycles. The molecule has 1 aliphatic rings. The fourth-order valence-corrected chi connectivity index (χ4v) is 6.25. The van der Waals surface area contributed by atoms with Crippen LogP contribution in [0.15, 0.2) is 77.7 Å². The summed E-state index contributed by atoms with van der Waals surface area (Å²) in [4.78, 5) is 13.6. The molecule has 4 rings (SSSR count). The fourth-order valence-electron chi connectivity index (χ4n) is 4.82. The molecule has 8 nitrogen and oxygen atoms in total. The van der Waals surface area contributed by atoms with E-state index >= 15 is 0 Å². The summed E-state index contributed by atoms with van der Waals surface area (Å²) in [5.41, 5.74) is 0.748. The van der Waals surface area contributed by atoms with Gasteiger partial charge in [-0.1, -0.05) is 50.2 Å². The molecule has 0 unspecified atom stereocenters. The van der Waals surface area contributed by atoms with Crippen LogP contribution in [0.1, 0.15) is 44.7 Å². The number of rotatable bonds is 10. The second-order valence-electron chi connectivity index (χ2n) is 9.22. The highest BCUT2D eigenvalue weighted by molar-refractivity contribution is 7.92. The monoisotopic (exact) mass is 538 g/mol. The van der Waals surface area contributed by atoms with Crippen LogP contribution in [0.3, 0.4) is 0 Å². The van der Waals surface area contributed by atoms with Crippen molar-refractivity contribution in [3.63, 3.8) is 0 Å². The Morgan fingerprint density at radius 1 is 0.974 bits per heavy atom. The summed E-state index contributed by atoms with van der Waals surface area (Å²) in [6, 6.07) is 20.1. The van der Waals surface area contributed by atoms with Gasteiger partial charge in [-0.2, -0.15) is 0 Å². The number of para-hydroxylation sites is 1. The van der Waals surface area contributed by atoms with Crippen LogP contribution in [0.5, 0.6) is 17.2 Å². The number of carbonyl (C=O) groups is 1. The number of methoxy groups -OCH3 is 2. The molecule has 0 spiro atoms. The zero-order valence-electron chi connectivity index (χ0n) is 22.1. The molecular formula is C29H34N2O6S. The second-order valence-corrected chi connectivity index (χ2v) is 11.1. The maximum Gasteiger partial charge on any atom is 0.264 e. The van der Waals surface area contributed by atoms with Gasteiger partial charge in [-0.15, -0.1) is 0 Å². The number of anilines is 1. The van der Waals surface area contributed by atoms with E-state index in [1.54, 1.807) is 36.4 Å². The summed E-state index contributed by atoms with van der Waals surface area (Å²) < 4.78 is 45.7. The van der Waals surface area contributed by atoms with E-state index in [2.05, 4.69) is 19.2 Å². The van der Waals surface area contributed by atoms with Crippen molar-refractivity contribution in [1.82, 2.24) is 5.32 Å². The minimum Gasteiger partial charge on any atom is -0.493 e. The van der Waals surface area contributed by atoms with Gasteiger partial charge in [-0.25, -0.2) is 8.42 Å². The summed E-state index contributed by atoms with van der Waals surface area (Å²) in [7, 11) is -1.10. The van der Waals surface area contributed by atoms with Crippen LogP contribution in [0, 0.1) is 0 Å². The fraction of sp³-hybridized carbons (Fsp3) is 0.345. The van der Waals surface area contributed by atoms with Crippen molar-refractivity contribution in [1.29, 1.82) is 0 Å². The molecule has 1 heterocycles. The molecule has 202 valence electrons. The normalized spacial score (nSPS) is 16.1. The average Bonchev–Trinajstić information content (AvgIpc) is 2.95. The third-order valence-electron chi connectivity index (χ3n) is 7.09. The van der Waals surface area contributed by atoms with E-state index in [1.165, 1.54) is 26.4 Å². The van der Waals surface area contributed by atoms with Crippen molar-refractivity contribution >= 4 is 21.6 Å². The van der Waals surface area contributed by atoms with Gasteiger partial charge in [0.1, 0.15) is 17.9 Å². The van der Waals surface area contributed by atoms with Crippen molar-refractivity contribution in [2.45, 2.75) is 49.6 Å². The van der Waals surface area contributed by atoms with Crippen LogP contribution in [-0.4, -0.2) is 40.7 Å². The number of ether oxygens (including phenoxy) is 3. The Balaban J connectivity index is 1.69. The van der Waals surface area contributed by atoms with E-state index in [0.717, 1.165) is 28.5 Å². The maximum atomic E-state index is 13.8. The molecule has 38 heavy (non-hydrogen) atoms. The lowest BCUT2D eigenvalue weighted by Crippen LogP contribution is -2.47. The number of hydrogen-bond acceptors (Lipinski definition) is 6. The third-order valence-corrected chi connectivity index (χ3v) is 8.88. The number of sulfonamides is 1. The molecular weight excluding hydrogens is 504 g/mol. The van der Waals surface area contributed by atoms with Crippen molar-refractivity contribution in [2.75, 3.05) is 25.1 Å². The predicted molar refractivity (Wildman–Crippen MR) is 146 cm³/mol. The van der Waals surface area contributed by atoms with Gasteiger partial charge in [0, 0.05) is 18.1 Å². The smallest absolute Gasteiger partial charge is 0.264 e. The van der Waals surface area contributed by atoms with Crippen LogP contribution in [0.25, 0.3) is 0 Å².